The van der Waals surface area contributed by atoms with Crippen molar-refractivity contribution in [1.82, 2.24) is 0 Å². The molecule has 0 saturated carbocycles. The van der Waals surface area contributed by atoms with E-state index < -0.39 is 10.9 Å². The molecule has 6 nitrogen and oxygen atoms in total. The number of nitro benzene ring substituents is 1. The molecule has 24 heavy (non-hydrogen) atoms. The lowest BCUT2D eigenvalue weighted by atomic mass is 10.0. The lowest BCUT2D eigenvalue weighted by Crippen LogP contribution is -2.05. The van der Waals surface area contributed by atoms with E-state index in [0.29, 0.717) is 5.56 Å². The van der Waals surface area contributed by atoms with Crippen LogP contribution in [-0.4, -0.2) is 16.8 Å². The van der Waals surface area contributed by atoms with Gasteiger partial charge >= 0.3 is 5.97 Å². The Bertz CT molecular complexity index is 913. The summed E-state index contributed by atoms with van der Waals surface area (Å²) in [5, 5.41) is 10.9. The first-order valence-electron chi connectivity index (χ1n) is 7.29. The Kier molecular flexibility index (Phi) is 3.95. The van der Waals surface area contributed by atoms with Crippen LogP contribution in [0.5, 0.6) is 0 Å². The minimum atomic E-state index is -0.572. The molecule has 0 atom stereocenters. The summed E-state index contributed by atoms with van der Waals surface area (Å²) in [6.45, 7) is 3.91. The van der Waals surface area contributed by atoms with E-state index in [0.717, 1.165) is 16.7 Å². The van der Waals surface area contributed by atoms with Crippen molar-refractivity contribution in [3.05, 3.63) is 80.5 Å². The molecule has 0 aromatic heterocycles. The minimum absolute atomic E-state index is 0.0697. The zero-order valence-corrected chi connectivity index (χ0v) is 13.1. The van der Waals surface area contributed by atoms with E-state index in [1.54, 1.807) is 12.1 Å². The van der Waals surface area contributed by atoms with Gasteiger partial charge in [0, 0.05) is 17.7 Å². The number of aliphatic imine (C=N–C) groups is 1. The third-order valence-corrected chi connectivity index (χ3v) is 3.65. The van der Waals surface area contributed by atoms with Gasteiger partial charge in [0.05, 0.1) is 4.92 Å². The van der Waals surface area contributed by atoms with Crippen LogP contribution in [0.15, 0.2) is 53.2 Å². The number of esters is 1. The second kappa shape index (κ2) is 6.08. The number of aryl methyl sites for hydroxylation is 2. The smallest absolute Gasteiger partial charge is 0.363 e. The van der Waals surface area contributed by atoms with Crippen molar-refractivity contribution in [1.29, 1.82) is 0 Å². The highest BCUT2D eigenvalue weighted by Crippen LogP contribution is 2.23. The topological polar surface area (TPSA) is 81.8 Å². The molecule has 3 rings (SSSR count). The van der Waals surface area contributed by atoms with Crippen LogP contribution < -0.4 is 0 Å². The van der Waals surface area contributed by atoms with E-state index in [4.69, 9.17) is 4.74 Å². The Morgan fingerprint density at radius 1 is 1.17 bits per heavy atom. The van der Waals surface area contributed by atoms with E-state index in [2.05, 4.69) is 4.99 Å². The number of nitrogens with zero attached hydrogens (tertiary/aromatic N) is 2. The Labute approximate surface area is 138 Å². The van der Waals surface area contributed by atoms with Gasteiger partial charge in [-0.25, -0.2) is 9.79 Å². The maximum absolute atomic E-state index is 12.0. The molecule has 120 valence electrons. The van der Waals surface area contributed by atoms with Crippen LogP contribution in [0.4, 0.5) is 5.69 Å². The van der Waals surface area contributed by atoms with Crippen LogP contribution in [0.2, 0.25) is 0 Å². The predicted octanol–water partition coefficient (Wildman–Crippen LogP) is 3.56. The molecule has 0 spiro atoms. The van der Waals surface area contributed by atoms with E-state index in [9.17, 15) is 14.9 Å². The highest BCUT2D eigenvalue weighted by atomic mass is 16.6. The van der Waals surface area contributed by atoms with Crippen LogP contribution >= 0.6 is 0 Å². The summed E-state index contributed by atoms with van der Waals surface area (Å²) in [6, 6.07) is 11.7. The van der Waals surface area contributed by atoms with Crippen molar-refractivity contribution in [2.45, 2.75) is 13.8 Å². The van der Waals surface area contributed by atoms with E-state index >= 15 is 0 Å². The molecule has 0 fully saturated rings. The number of ether oxygens (including phenoxy) is 1. The molecule has 0 aliphatic carbocycles. The van der Waals surface area contributed by atoms with E-state index in [-0.39, 0.29) is 17.3 Å². The monoisotopic (exact) mass is 322 g/mol. The van der Waals surface area contributed by atoms with Crippen molar-refractivity contribution >= 4 is 23.6 Å². The van der Waals surface area contributed by atoms with Gasteiger partial charge in [0.1, 0.15) is 0 Å². The number of hydrogen-bond donors (Lipinski definition) is 0. The first kappa shape index (κ1) is 15.6. The average Bonchev–Trinajstić information content (AvgIpc) is 2.92. The summed E-state index contributed by atoms with van der Waals surface area (Å²) < 4.78 is 5.16. The van der Waals surface area contributed by atoms with Gasteiger partial charge in [0.15, 0.2) is 5.70 Å². The summed E-state index contributed by atoms with van der Waals surface area (Å²) >= 11 is 0. The van der Waals surface area contributed by atoms with Crippen LogP contribution in [0.25, 0.3) is 6.08 Å². The van der Waals surface area contributed by atoms with Gasteiger partial charge < -0.3 is 4.74 Å². The molecule has 0 radical (unpaired) electrons. The quantitative estimate of drug-likeness (QED) is 0.374. The van der Waals surface area contributed by atoms with Gasteiger partial charge in [-0.05, 0) is 37.1 Å². The molecule has 2 aromatic rings. The van der Waals surface area contributed by atoms with Crippen LogP contribution in [-0.2, 0) is 9.53 Å². The highest BCUT2D eigenvalue weighted by Gasteiger charge is 2.25. The lowest BCUT2D eigenvalue weighted by molar-refractivity contribution is -0.384. The van der Waals surface area contributed by atoms with Crippen molar-refractivity contribution in [2.75, 3.05) is 0 Å². The van der Waals surface area contributed by atoms with Gasteiger partial charge in [-0.1, -0.05) is 29.8 Å². The molecule has 2 aromatic carbocycles. The lowest BCUT2D eigenvalue weighted by Gasteiger charge is -2.01. The fourth-order valence-corrected chi connectivity index (χ4v) is 2.35. The standard InChI is InChI=1S/C18H14N2O4/c1-11-6-7-12(2)14(8-11)10-16-18(21)24-17(19-16)13-4-3-5-15(9-13)20(22)23/h3-10H,1-2H3/b16-10+. The first-order chi connectivity index (χ1) is 11.4. The number of rotatable bonds is 3. The summed E-state index contributed by atoms with van der Waals surface area (Å²) in [5.41, 5.74) is 3.44. The molecule has 0 amide bonds. The van der Waals surface area contributed by atoms with Crippen LogP contribution in [0.3, 0.4) is 0 Å². The zero-order chi connectivity index (χ0) is 17.3. The van der Waals surface area contributed by atoms with Crippen LogP contribution in [0, 0.1) is 24.0 Å². The molecular formula is C18H14N2O4. The fraction of sp³-hybridized carbons (Fsp3) is 0.111. The molecule has 0 saturated heterocycles. The second-order valence-corrected chi connectivity index (χ2v) is 5.50. The van der Waals surface area contributed by atoms with Crippen molar-refractivity contribution in [3.8, 4) is 0 Å². The van der Waals surface area contributed by atoms with Gasteiger partial charge in [-0.15, -0.1) is 0 Å². The molecule has 1 aliphatic rings. The van der Waals surface area contributed by atoms with Gasteiger partial charge in [-0.3, -0.25) is 10.1 Å². The Balaban J connectivity index is 1.99. The Hall–Kier alpha value is -3.28. The maximum atomic E-state index is 12.0. The van der Waals surface area contributed by atoms with Crippen LogP contribution in [0.1, 0.15) is 22.3 Å². The first-order valence-corrected chi connectivity index (χ1v) is 7.29. The third kappa shape index (κ3) is 3.08. The molecule has 0 unspecified atom stereocenters. The fourth-order valence-electron chi connectivity index (χ4n) is 2.35. The molecular weight excluding hydrogens is 308 g/mol. The largest absolute Gasteiger partial charge is 0.402 e. The third-order valence-electron chi connectivity index (χ3n) is 3.65. The van der Waals surface area contributed by atoms with Crippen molar-refractivity contribution in [2.24, 2.45) is 4.99 Å². The molecule has 6 heteroatoms. The average molecular weight is 322 g/mol. The number of cyclic esters (lactones) is 1. The second-order valence-electron chi connectivity index (χ2n) is 5.50. The predicted molar refractivity (Wildman–Crippen MR) is 89.6 cm³/mol. The van der Waals surface area contributed by atoms with Gasteiger partial charge in [0.25, 0.3) is 5.69 Å². The summed E-state index contributed by atoms with van der Waals surface area (Å²) in [5.74, 6) is -0.502. The SMILES string of the molecule is Cc1ccc(C)c(/C=C2/N=C(c3cccc([N+](=O)[O-])c3)OC2=O)c1. The summed E-state index contributed by atoms with van der Waals surface area (Å²) in [7, 11) is 0. The number of carbonyl (C=O) groups excluding carboxylic acids is 1. The molecule has 0 N–H and O–H groups in total. The molecule has 0 bridgehead atoms. The molecule has 1 heterocycles. The minimum Gasteiger partial charge on any atom is -0.402 e. The molecule has 1 aliphatic heterocycles. The number of non-ortho nitro benzene ring substituents is 1. The number of carbonyl (C=O) groups is 1. The number of hydrogen-bond acceptors (Lipinski definition) is 5. The number of benzene rings is 2. The van der Waals surface area contributed by atoms with Crippen molar-refractivity contribution in [3.63, 3.8) is 0 Å². The Morgan fingerprint density at radius 3 is 2.71 bits per heavy atom. The zero-order valence-electron chi connectivity index (χ0n) is 13.1. The Morgan fingerprint density at radius 2 is 1.96 bits per heavy atom. The summed E-state index contributed by atoms with van der Waals surface area (Å²) in [6.07, 6.45) is 1.66. The van der Waals surface area contributed by atoms with Crippen molar-refractivity contribution < 1.29 is 14.5 Å². The number of nitro groups is 1. The van der Waals surface area contributed by atoms with Gasteiger partial charge in [0.2, 0.25) is 5.90 Å². The van der Waals surface area contributed by atoms with E-state index in [1.807, 2.05) is 32.0 Å². The highest BCUT2D eigenvalue weighted by molar-refractivity contribution is 6.13. The van der Waals surface area contributed by atoms with Gasteiger partial charge in [-0.2, -0.15) is 0 Å². The normalized spacial score (nSPS) is 15.3. The maximum Gasteiger partial charge on any atom is 0.363 e. The summed E-state index contributed by atoms with van der Waals surface area (Å²) in [4.78, 5) is 26.6. The van der Waals surface area contributed by atoms with E-state index in [1.165, 1.54) is 18.2 Å².